The third-order valence-corrected chi connectivity index (χ3v) is 3.35. The lowest BCUT2D eigenvalue weighted by molar-refractivity contribution is 0.420. The van der Waals surface area contributed by atoms with Crippen LogP contribution in [0.5, 0.6) is 5.75 Å². The minimum atomic E-state index is -0.776. The fraction of sp³-hybridized carbons (Fsp3) is 0.455. The van der Waals surface area contributed by atoms with Gasteiger partial charge in [0.05, 0.1) is 5.02 Å². The Morgan fingerprint density at radius 3 is 2.47 bits per heavy atom. The molecule has 0 bridgehead atoms. The topological polar surface area (TPSA) is 46.2 Å². The number of rotatable bonds is 1. The van der Waals surface area contributed by atoms with Crippen LogP contribution in [0.4, 0.5) is 4.39 Å². The molecule has 1 fully saturated rings. The van der Waals surface area contributed by atoms with Gasteiger partial charge in [0.2, 0.25) is 0 Å². The van der Waals surface area contributed by atoms with Gasteiger partial charge in [0.15, 0.2) is 11.6 Å². The molecule has 0 saturated heterocycles. The Morgan fingerprint density at radius 2 is 1.93 bits per heavy atom. The molecule has 2 nitrogen and oxygen atoms in total. The number of aromatic hydroxyl groups is 1. The lowest BCUT2D eigenvalue weighted by atomic mass is 9.89. The normalized spacial score (nSPS) is 19.4. The van der Waals surface area contributed by atoms with Crippen molar-refractivity contribution in [2.45, 2.75) is 31.2 Å². The molecule has 2 rings (SSSR count). The van der Waals surface area contributed by atoms with E-state index in [4.69, 9.17) is 17.3 Å². The molecule has 1 saturated carbocycles. The lowest BCUT2D eigenvalue weighted by Gasteiger charge is -2.24. The Labute approximate surface area is 92.9 Å². The minimum absolute atomic E-state index is 0.0678. The predicted octanol–water partition coefficient (Wildman–Crippen LogP) is 2.91. The van der Waals surface area contributed by atoms with Crippen molar-refractivity contribution in [1.29, 1.82) is 0 Å². The second-order valence-electron chi connectivity index (χ2n) is 4.15. The number of halogens is 2. The number of phenols is 1. The Morgan fingerprint density at radius 1 is 1.33 bits per heavy atom. The van der Waals surface area contributed by atoms with Gasteiger partial charge in [-0.25, -0.2) is 4.39 Å². The van der Waals surface area contributed by atoms with E-state index in [2.05, 4.69) is 0 Å². The summed E-state index contributed by atoms with van der Waals surface area (Å²) in [6.07, 6.45) is 3.83. The van der Waals surface area contributed by atoms with Crippen molar-refractivity contribution in [3.05, 3.63) is 28.5 Å². The maximum absolute atomic E-state index is 13.1. The highest BCUT2D eigenvalue weighted by molar-refractivity contribution is 6.31. The number of hydrogen-bond acceptors (Lipinski definition) is 2. The van der Waals surface area contributed by atoms with Crippen LogP contribution < -0.4 is 5.73 Å². The molecule has 0 atom stereocenters. The van der Waals surface area contributed by atoms with E-state index in [1.165, 1.54) is 12.1 Å². The summed E-state index contributed by atoms with van der Waals surface area (Å²) in [5, 5.41) is 9.27. The van der Waals surface area contributed by atoms with Crippen LogP contribution in [-0.4, -0.2) is 5.11 Å². The molecular formula is C11H13ClFNO. The number of nitrogens with two attached hydrogens (primary N) is 1. The molecular weight excluding hydrogens is 217 g/mol. The van der Waals surface area contributed by atoms with Crippen molar-refractivity contribution in [3.63, 3.8) is 0 Å². The molecule has 0 unspecified atom stereocenters. The molecule has 0 radical (unpaired) electrons. The third-order valence-electron chi connectivity index (χ3n) is 3.08. The maximum atomic E-state index is 13.1. The molecule has 1 aliphatic carbocycles. The second kappa shape index (κ2) is 3.65. The SMILES string of the molecule is NC1(c2cc(O)c(F)c(Cl)c2)CCCC1. The molecule has 1 aromatic carbocycles. The van der Waals surface area contributed by atoms with Gasteiger partial charge in [0, 0.05) is 5.54 Å². The van der Waals surface area contributed by atoms with Gasteiger partial charge in [-0.1, -0.05) is 24.4 Å². The lowest BCUT2D eigenvalue weighted by Crippen LogP contribution is -2.33. The van der Waals surface area contributed by atoms with Gasteiger partial charge in [-0.3, -0.25) is 0 Å². The largest absolute Gasteiger partial charge is 0.505 e. The van der Waals surface area contributed by atoms with Crippen molar-refractivity contribution in [3.8, 4) is 5.75 Å². The molecule has 82 valence electrons. The van der Waals surface area contributed by atoms with Crippen molar-refractivity contribution in [1.82, 2.24) is 0 Å². The summed E-state index contributed by atoms with van der Waals surface area (Å²) in [6, 6.07) is 2.90. The molecule has 1 aliphatic rings. The first kappa shape index (κ1) is 10.7. The van der Waals surface area contributed by atoms with Crippen LogP contribution >= 0.6 is 11.6 Å². The van der Waals surface area contributed by atoms with Gasteiger partial charge in [0.25, 0.3) is 0 Å². The van der Waals surface area contributed by atoms with Gasteiger partial charge < -0.3 is 10.8 Å². The molecule has 4 heteroatoms. The fourth-order valence-corrected chi connectivity index (χ4v) is 2.37. The smallest absolute Gasteiger partial charge is 0.183 e. The van der Waals surface area contributed by atoms with E-state index in [1.54, 1.807) is 0 Å². The van der Waals surface area contributed by atoms with Crippen LogP contribution in [-0.2, 0) is 5.54 Å². The Bertz CT molecular complexity index is 365. The van der Waals surface area contributed by atoms with Crippen molar-refractivity contribution < 1.29 is 9.50 Å². The molecule has 0 amide bonds. The molecule has 0 heterocycles. The summed E-state index contributed by atoms with van der Waals surface area (Å²) in [7, 11) is 0. The first-order valence-electron chi connectivity index (χ1n) is 5.00. The summed E-state index contributed by atoms with van der Waals surface area (Å²) >= 11 is 5.67. The predicted molar refractivity (Wildman–Crippen MR) is 57.4 cm³/mol. The fourth-order valence-electron chi connectivity index (χ4n) is 2.16. The van der Waals surface area contributed by atoms with Crippen LogP contribution in [0, 0.1) is 5.82 Å². The molecule has 0 spiro atoms. The first-order valence-corrected chi connectivity index (χ1v) is 5.38. The highest BCUT2D eigenvalue weighted by Crippen LogP contribution is 2.39. The van der Waals surface area contributed by atoms with Crippen LogP contribution in [0.3, 0.4) is 0 Å². The van der Waals surface area contributed by atoms with E-state index >= 15 is 0 Å². The van der Waals surface area contributed by atoms with Gasteiger partial charge in [-0.15, -0.1) is 0 Å². The van der Waals surface area contributed by atoms with Crippen LogP contribution in [0.1, 0.15) is 31.2 Å². The summed E-state index contributed by atoms with van der Waals surface area (Å²) in [5.74, 6) is -1.20. The summed E-state index contributed by atoms with van der Waals surface area (Å²) in [4.78, 5) is 0. The van der Waals surface area contributed by atoms with E-state index in [1.807, 2.05) is 0 Å². The van der Waals surface area contributed by atoms with Crippen molar-refractivity contribution >= 4 is 11.6 Å². The standard InChI is InChI=1S/C11H13ClFNO/c12-8-5-7(6-9(15)10(8)13)11(14)3-1-2-4-11/h5-6,15H,1-4,14H2. The third kappa shape index (κ3) is 1.82. The van der Waals surface area contributed by atoms with Crippen molar-refractivity contribution in [2.24, 2.45) is 5.73 Å². The Hall–Kier alpha value is -0.800. The number of benzene rings is 1. The van der Waals surface area contributed by atoms with E-state index in [0.29, 0.717) is 0 Å². The van der Waals surface area contributed by atoms with Crippen molar-refractivity contribution in [2.75, 3.05) is 0 Å². The Balaban J connectivity index is 2.45. The molecule has 15 heavy (non-hydrogen) atoms. The van der Waals surface area contributed by atoms with Crippen LogP contribution in [0.15, 0.2) is 12.1 Å². The molecule has 0 aliphatic heterocycles. The molecule has 1 aromatic rings. The van der Waals surface area contributed by atoms with E-state index < -0.39 is 17.1 Å². The molecule has 3 N–H and O–H groups in total. The zero-order chi connectivity index (χ0) is 11.1. The van der Waals surface area contributed by atoms with E-state index in [-0.39, 0.29) is 5.02 Å². The Kier molecular flexibility index (Phi) is 2.61. The average Bonchev–Trinajstić information content (AvgIpc) is 2.62. The summed E-state index contributed by atoms with van der Waals surface area (Å²) in [5.41, 5.74) is 6.45. The number of phenolic OH excluding ortho intramolecular Hbond substituents is 1. The van der Waals surface area contributed by atoms with Crippen LogP contribution in [0.2, 0.25) is 5.02 Å². The highest BCUT2D eigenvalue weighted by atomic mass is 35.5. The van der Waals surface area contributed by atoms with Gasteiger partial charge in [-0.2, -0.15) is 0 Å². The van der Waals surface area contributed by atoms with Crippen LogP contribution in [0.25, 0.3) is 0 Å². The highest BCUT2D eigenvalue weighted by Gasteiger charge is 2.32. The van der Waals surface area contributed by atoms with E-state index in [9.17, 15) is 9.50 Å². The zero-order valence-corrected chi connectivity index (χ0v) is 9.02. The number of hydrogen-bond donors (Lipinski definition) is 2. The second-order valence-corrected chi connectivity index (χ2v) is 4.56. The quantitative estimate of drug-likeness (QED) is 0.778. The van der Waals surface area contributed by atoms with E-state index in [0.717, 1.165) is 31.2 Å². The summed E-state index contributed by atoms with van der Waals surface area (Å²) < 4.78 is 13.1. The monoisotopic (exact) mass is 229 g/mol. The average molecular weight is 230 g/mol. The first-order chi connectivity index (χ1) is 7.03. The molecule has 0 aromatic heterocycles. The van der Waals surface area contributed by atoms with Gasteiger partial charge in [-0.05, 0) is 30.5 Å². The zero-order valence-electron chi connectivity index (χ0n) is 8.26. The summed E-state index contributed by atoms with van der Waals surface area (Å²) in [6.45, 7) is 0. The van der Waals surface area contributed by atoms with Gasteiger partial charge in [0.1, 0.15) is 0 Å². The maximum Gasteiger partial charge on any atom is 0.183 e. The van der Waals surface area contributed by atoms with Gasteiger partial charge >= 0.3 is 0 Å². The minimum Gasteiger partial charge on any atom is -0.505 e.